The van der Waals surface area contributed by atoms with Crippen LogP contribution in [0, 0.1) is 5.82 Å². The van der Waals surface area contributed by atoms with Crippen molar-refractivity contribution in [2.45, 2.75) is 12.5 Å². The van der Waals surface area contributed by atoms with Gasteiger partial charge in [-0.15, -0.1) is 0 Å². The predicted molar refractivity (Wildman–Crippen MR) is 128 cm³/mol. The molecule has 2 aliphatic heterocycles. The van der Waals surface area contributed by atoms with Crippen molar-refractivity contribution in [1.29, 1.82) is 0 Å². The summed E-state index contributed by atoms with van der Waals surface area (Å²) in [4.78, 5) is 36.4. The minimum absolute atomic E-state index is 0.0778. The van der Waals surface area contributed by atoms with Crippen LogP contribution in [0.1, 0.15) is 11.1 Å². The highest BCUT2D eigenvalue weighted by molar-refractivity contribution is 8.14. The van der Waals surface area contributed by atoms with E-state index in [0.717, 1.165) is 11.1 Å². The lowest BCUT2D eigenvalue weighted by Crippen LogP contribution is -2.45. The first kappa shape index (κ1) is 21.1. The second-order valence-electron chi connectivity index (χ2n) is 7.60. The number of rotatable bonds is 5. The number of nitrogens with zero attached hydrogens (tertiary/aromatic N) is 3. The van der Waals surface area contributed by atoms with E-state index in [4.69, 9.17) is 4.99 Å². The maximum Gasteiger partial charge on any atom is 0.271 e. The van der Waals surface area contributed by atoms with Crippen molar-refractivity contribution in [1.82, 2.24) is 4.90 Å². The highest BCUT2D eigenvalue weighted by Crippen LogP contribution is 2.35. The van der Waals surface area contributed by atoms with Crippen LogP contribution in [0.15, 0.2) is 88.8 Å². The number of carbonyl (C=O) groups is 2. The summed E-state index contributed by atoms with van der Waals surface area (Å²) in [6.07, 6.45) is 0.482. The molecule has 164 valence electrons. The fraction of sp³-hybridized carbons (Fsp3) is 0.120. The number of anilines is 1. The summed E-state index contributed by atoms with van der Waals surface area (Å²) in [6.45, 7) is 0. The molecule has 1 N–H and O–H groups in total. The molecule has 8 heteroatoms. The van der Waals surface area contributed by atoms with Crippen molar-refractivity contribution in [3.63, 3.8) is 0 Å². The molecule has 0 aliphatic carbocycles. The molecule has 0 saturated carbocycles. The monoisotopic (exact) mass is 458 g/mol. The molecule has 33 heavy (non-hydrogen) atoms. The Hall–Kier alpha value is -3.78. The third kappa shape index (κ3) is 4.42. The quantitative estimate of drug-likeness (QED) is 0.615. The molecule has 0 saturated heterocycles. The molecule has 0 aromatic heterocycles. The number of hydrogen-bond donors (Lipinski definition) is 1. The Kier molecular flexibility index (Phi) is 5.75. The van der Waals surface area contributed by atoms with Gasteiger partial charge in [0.1, 0.15) is 17.7 Å². The van der Waals surface area contributed by atoms with Crippen LogP contribution in [-0.2, 0) is 16.0 Å². The average Bonchev–Trinajstić information content (AvgIpc) is 3.16. The van der Waals surface area contributed by atoms with Gasteiger partial charge in [0.05, 0.1) is 11.4 Å². The summed E-state index contributed by atoms with van der Waals surface area (Å²) in [6, 6.07) is 22.3. The summed E-state index contributed by atoms with van der Waals surface area (Å²) in [5.74, 6) is -0.207. The van der Waals surface area contributed by atoms with Crippen molar-refractivity contribution in [2.75, 3.05) is 11.1 Å². The average molecular weight is 459 g/mol. The number of hydrogen-bond acceptors (Lipinski definition) is 5. The molecule has 0 fully saturated rings. The van der Waals surface area contributed by atoms with Crippen molar-refractivity contribution >= 4 is 46.0 Å². The Bertz CT molecular complexity index is 1280. The van der Waals surface area contributed by atoms with E-state index in [1.807, 2.05) is 59.5 Å². The van der Waals surface area contributed by atoms with E-state index in [0.29, 0.717) is 28.8 Å². The molecule has 3 aromatic rings. The molecule has 0 spiro atoms. The fourth-order valence-corrected chi connectivity index (χ4v) is 4.65. The van der Waals surface area contributed by atoms with Crippen molar-refractivity contribution in [3.05, 3.63) is 95.8 Å². The van der Waals surface area contributed by atoms with E-state index in [-0.39, 0.29) is 23.4 Å². The number of thioether (sulfide) groups is 1. The van der Waals surface area contributed by atoms with Gasteiger partial charge in [-0.1, -0.05) is 54.2 Å². The van der Waals surface area contributed by atoms with Crippen molar-refractivity contribution < 1.29 is 14.0 Å². The van der Waals surface area contributed by atoms with Gasteiger partial charge in [-0.2, -0.15) is 4.99 Å². The normalized spacial score (nSPS) is 16.6. The number of para-hydroxylation sites is 1. The van der Waals surface area contributed by atoms with E-state index in [1.165, 1.54) is 36.0 Å². The largest absolute Gasteiger partial charge is 0.325 e. The molecule has 6 nitrogen and oxygen atoms in total. The highest BCUT2D eigenvalue weighted by Gasteiger charge is 2.41. The number of aliphatic imine (C=N–C) groups is 2. The molecule has 1 atom stereocenters. The zero-order chi connectivity index (χ0) is 22.8. The van der Waals surface area contributed by atoms with Crippen molar-refractivity contribution in [2.24, 2.45) is 9.98 Å². The molecular weight excluding hydrogens is 439 g/mol. The minimum Gasteiger partial charge on any atom is -0.325 e. The third-order valence-corrected chi connectivity index (χ3v) is 6.29. The lowest BCUT2D eigenvalue weighted by molar-refractivity contribution is -0.119. The minimum atomic E-state index is -0.526. The van der Waals surface area contributed by atoms with Crippen LogP contribution in [0.5, 0.6) is 0 Å². The van der Waals surface area contributed by atoms with Crippen molar-refractivity contribution in [3.8, 4) is 0 Å². The van der Waals surface area contributed by atoms with Crippen LogP contribution in [0.4, 0.5) is 15.8 Å². The number of halogens is 1. The maximum atomic E-state index is 13.1. The number of benzene rings is 3. The molecule has 2 amide bonds. The van der Waals surface area contributed by atoms with Crippen LogP contribution in [0.3, 0.4) is 0 Å². The molecule has 0 radical (unpaired) electrons. The predicted octanol–water partition coefficient (Wildman–Crippen LogP) is 4.40. The zero-order valence-electron chi connectivity index (χ0n) is 17.4. The first-order chi connectivity index (χ1) is 16.1. The number of nitrogens with one attached hydrogen (secondary N) is 1. The van der Waals surface area contributed by atoms with Crippen LogP contribution >= 0.6 is 11.8 Å². The van der Waals surface area contributed by atoms with Crippen LogP contribution in [-0.4, -0.2) is 39.5 Å². The van der Waals surface area contributed by atoms with E-state index >= 15 is 0 Å². The Morgan fingerprint density at radius 3 is 2.48 bits per heavy atom. The van der Waals surface area contributed by atoms with Gasteiger partial charge in [-0.25, -0.2) is 9.38 Å². The molecular formula is C25H19FN4O2S. The zero-order valence-corrected chi connectivity index (χ0v) is 18.3. The second-order valence-corrected chi connectivity index (χ2v) is 8.55. The smallest absolute Gasteiger partial charge is 0.271 e. The van der Waals surface area contributed by atoms with Gasteiger partial charge in [0.2, 0.25) is 5.91 Å². The lowest BCUT2D eigenvalue weighted by Gasteiger charge is -2.31. The third-order valence-electron chi connectivity index (χ3n) is 5.34. The first-order valence-corrected chi connectivity index (χ1v) is 11.4. The molecule has 0 bridgehead atoms. The number of amides is 2. The molecule has 2 aliphatic rings. The molecule has 1 unspecified atom stereocenters. The van der Waals surface area contributed by atoms with E-state index in [1.54, 1.807) is 0 Å². The Morgan fingerprint density at radius 2 is 1.70 bits per heavy atom. The molecule has 5 rings (SSSR count). The maximum absolute atomic E-state index is 13.1. The highest BCUT2D eigenvalue weighted by atomic mass is 32.2. The van der Waals surface area contributed by atoms with Gasteiger partial charge in [0, 0.05) is 17.7 Å². The second kappa shape index (κ2) is 8.99. The van der Waals surface area contributed by atoms with Crippen LogP contribution < -0.4 is 5.32 Å². The summed E-state index contributed by atoms with van der Waals surface area (Å²) in [5.41, 5.74) is 3.03. The number of amidine groups is 2. The Balaban J connectivity index is 1.39. The molecule has 2 heterocycles. The summed E-state index contributed by atoms with van der Waals surface area (Å²) < 4.78 is 13.1. The summed E-state index contributed by atoms with van der Waals surface area (Å²) >= 11 is 1.24. The Labute approximate surface area is 194 Å². The number of fused-ring (bicyclic) bond motifs is 3. The SMILES string of the molecule is O=C(CSC1=Nc2ccccc2C2=NC(=O)C(Cc3ccccc3)N12)Nc1ccc(F)cc1. The van der Waals surface area contributed by atoms with Gasteiger partial charge in [-0.05, 0) is 42.0 Å². The van der Waals surface area contributed by atoms with Gasteiger partial charge in [0.15, 0.2) is 5.17 Å². The van der Waals surface area contributed by atoms with Gasteiger partial charge < -0.3 is 5.32 Å². The van der Waals surface area contributed by atoms with E-state index in [9.17, 15) is 14.0 Å². The van der Waals surface area contributed by atoms with Gasteiger partial charge in [0.25, 0.3) is 5.91 Å². The lowest BCUT2D eigenvalue weighted by atomic mass is 10.0. The Morgan fingerprint density at radius 1 is 0.970 bits per heavy atom. The standard InChI is InChI=1S/C25H19FN4O2S/c26-17-10-12-18(13-11-17)27-22(31)15-33-25-28-20-9-5-4-8-19(20)23-29-24(32)21(30(23)25)14-16-6-2-1-3-7-16/h1-13,21H,14-15H2,(H,27,31). The summed E-state index contributed by atoms with van der Waals surface area (Å²) in [7, 11) is 0. The van der Waals surface area contributed by atoms with Crippen LogP contribution in [0.2, 0.25) is 0 Å². The first-order valence-electron chi connectivity index (χ1n) is 10.4. The molecule has 3 aromatic carbocycles. The fourth-order valence-electron chi connectivity index (χ4n) is 3.80. The van der Waals surface area contributed by atoms with E-state index < -0.39 is 6.04 Å². The summed E-state index contributed by atoms with van der Waals surface area (Å²) in [5, 5.41) is 3.30. The number of carbonyl (C=O) groups excluding carboxylic acids is 2. The van der Waals surface area contributed by atoms with Crippen LogP contribution in [0.25, 0.3) is 0 Å². The van der Waals surface area contributed by atoms with Gasteiger partial charge in [-0.3, -0.25) is 14.5 Å². The topological polar surface area (TPSA) is 74.1 Å². The van der Waals surface area contributed by atoms with E-state index in [2.05, 4.69) is 10.3 Å². The van der Waals surface area contributed by atoms with Gasteiger partial charge >= 0.3 is 0 Å².